The summed E-state index contributed by atoms with van der Waals surface area (Å²) in [6.45, 7) is 11.4. The zero-order chi connectivity index (χ0) is 24.4. The van der Waals surface area contributed by atoms with Crippen molar-refractivity contribution < 1.29 is 33.1 Å². The van der Waals surface area contributed by atoms with Crippen LogP contribution in [0.5, 0.6) is 5.75 Å². The highest BCUT2D eigenvalue weighted by molar-refractivity contribution is 6.62. The molecule has 0 unspecified atom stereocenters. The second kappa shape index (κ2) is 9.70. The topological polar surface area (TPSA) is 72.5 Å². The van der Waals surface area contributed by atoms with Gasteiger partial charge in [-0.1, -0.05) is 36.4 Å². The molecule has 0 bridgehead atoms. The van der Waals surface area contributed by atoms with Gasteiger partial charge in [-0.2, -0.15) is 0 Å². The summed E-state index contributed by atoms with van der Waals surface area (Å²) in [4.78, 5) is 11.7. The van der Waals surface area contributed by atoms with Crippen molar-refractivity contribution in [1.29, 1.82) is 0 Å². The predicted octanol–water partition coefficient (Wildman–Crippen LogP) is 3.37. The number of hydrogen-bond donors (Lipinski definition) is 0. The molecule has 8 heteroatoms. The standard InChI is InChI=1S/C26H33BO7/c1-6-30-23(28)16-32-26(17-29-18-26)20-10-12-22(13-11-20)31-15-19-8-7-9-21(14-19)27-33-24(2,3)25(4,5)34-27/h7-14H,6,15-18H2,1-5H3. The van der Waals surface area contributed by atoms with Crippen molar-refractivity contribution in [2.75, 3.05) is 26.4 Å². The van der Waals surface area contributed by atoms with Crippen LogP contribution in [0, 0.1) is 0 Å². The van der Waals surface area contributed by atoms with E-state index in [1.54, 1.807) is 6.92 Å². The Bertz CT molecular complexity index is 982. The first-order chi connectivity index (χ1) is 16.1. The van der Waals surface area contributed by atoms with Crippen molar-refractivity contribution in [3.63, 3.8) is 0 Å². The van der Waals surface area contributed by atoms with Gasteiger partial charge in [-0.05, 0) is 63.3 Å². The van der Waals surface area contributed by atoms with Gasteiger partial charge in [0.15, 0.2) is 0 Å². The second-order valence-electron chi connectivity index (χ2n) is 9.73. The summed E-state index contributed by atoms with van der Waals surface area (Å²) in [5.41, 5.74) is 1.56. The van der Waals surface area contributed by atoms with Crippen LogP contribution < -0.4 is 10.2 Å². The summed E-state index contributed by atoms with van der Waals surface area (Å²) < 4.78 is 34.5. The van der Waals surface area contributed by atoms with Crippen LogP contribution in [0.1, 0.15) is 45.7 Å². The van der Waals surface area contributed by atoms with E-state index < -0.39 is 12.7 Å². The predicted molar refractivity (Wildman–Crippen MR) is 128 cm³/mol. The van der Waals surface area contributed by atoms with Crippen LogP contribution in [0.25, 0.3) is 0 Å². The van der Waals surface area contributed by atoms with Crippen LogP contribution in [0.2, 0.25) is 0 Å². The van der Waals surface area contributed by atoms with Crippen molar-refractivity contribution in [2.45, 2.75) is 58.0 Å². The number of hydrogen-bond acceptors (Lipinski definition) is 7. The zero-order valence-electron chi connectivity index (χ0n) is 20.6. The summed E-state index contributed by atoms with van der Waals surface area (Å²) in [6.07, 6.45) is 0. The van der Waals surface area contributed by atoms with Crippen molar-refractivity contribution in [3.05, 3.63) is 59.7 Å². The number of carbonyl (C=O) groups excluding carboxylic acids is 1. The van der Waals surface area contributed by atoms with Crippen LogP contribution in [0.3, 0.4) is 0 Å². The first-order valence-electron chi connectivity index (χ1n) is 11.7. The highest BCUT2D eigenvalue weighted by Gasteiger charge is 2.51. The van der Waals surface area contributed by atoms with Crippen molar-refractivity contribution >= 4 is 18.6 Å². The molecule has 0 aromatic heterocycles. The summed E-state index contributed by atoms with van der Waals surface area (Å²) in [5.74, 6) is 0.363. The molecule has 0 spiro atoms. The van der Waals surface area contributed by atoms with Crippen molar-refractivity contribution in [3.8, 4) is 5.75 Å². The molecule has 4 rings (SSSR count). The fourth-order valence-electron chi connectivity index (χ4n) is 3.85. The molecule has 2 heterocycles. The molecule has 0 aliphatic carbocycles. The summed E-state index contributed by atoms with van der Waals surface area (Å²) >= 11 is 0. The van der Waals surface area contributed by atoms with Crippen LogP contribution in [0.15, 0.2) is 48.5 Å². The number of esters is 1. The van der Waals surface area contributed by atoms with Gasteiger partial charge in [-0.15, -0.1) is 0 Å². The average molecular weight is 468 g/mol. The Balaban J connectivity index is 1.36. The number of carbonyl (C=O) groups is 1. The van der Waals surface area contributed by atoms with Gasteiger partial charge in [-0.3, -0.25) is 0 Å². The fourth-order valence-corrected chi connectivity index (χ4v) is 3.85. The highest BCUT2D eigenvalue weighted by atomic mass is 16.7. The molecule has 0 atom stereocenters. The molecule has 2 fully saturated rings. The molecule has 34 heavy (non-hydrogen) atoms. The molecule has 2 aliphatic heterocycles. The molecule has 0 amide bonds. The van der Waals surface area contributed by atoms with E-state index >= 15 is 0 Å². The SMILES string of the molecule is CCOC(=O)COC1(c2ccc(OCc3cccc(B4OC(C)(C)C(C)(C)O4)c3)cc2)COC1. The lowest BCUT2D eigenvalue weighted by Crippen LogP contribution is -2.49. The van der Waals surface area contributed by atoms with E-state index in [0.29, 0.717) is 26.4 Å². The van der Waals surface area contributed by atoms with E-state index in [-0.39, 0.29) is 23.8 Å². The third-order valence-electron chi connectivity index (χ3n) is 6.70. The Labute approximate surface area is 201 Å². The largest absolute Gasteiger partial charge is 0.494 e. The lowest BCUT2D eigenvalue weighted by atomic mass is 9.78. The average Bonchev–Trinajstić information content (AvgIpc) is 3.00. The number of rotatable bonds is 9. The van der Waals surface area contributed by atoms with E-state index in [1.807, 2.05) is 70.2 Å². The van der Waals surface area contributed by atoms with Crippen molar-refractivity contribution in [1.82, 2.24) is 0 Å². The minimum Gasteiger partial charge on any atom is -0.489 e. The summed E-state index contributed by atoms with van der Waals surface area (Å²) in [7, 11) is -0.403. The van der Waals surface area contributed by atoms with Gasteiger partial charge in [0.2, 0.25) is 0 Å². The van der Waals surface area contributed by atoms with E-state index in [0.717, 1.165) is 22.3 Å². The molecular weight excluding hydrogens is 435 g/mol. The maximum atomic E-state index is 11.7. The van der Waals surface area contributed by atoms with Gasteiger partial charge in [0.05, 0.1) is 31.0 Å². The first-order valence-corrected chi connectivity index (χ1v) is 11.7. The monoisotopic (exact) mass is 468 g/mol. The van der Waals surface area contributed by atoms with Crippen LogP contribution >= 0.6 is 0 Å². The fraction of sp³-hybridized carbons (Fsp3) is 0.500. The van der Waals surface area contributed by atoms with E-state index in [4.69, 9.17) is 28.3 Å². The van der Waals surface area contributed by atoms with Crippen LogP contribution in [0.4, 0.5) is 0 Å². The lowest BCUT2D eigenvalue weighted by Gasteiger charge is -2.41. The van der Waals surface area contributed by atoms with Gasteiger partial charge in [-0.25, -0.2) is 4.79 Å². The van der Waals surface area contributed by atoms with E-state index in [1.165, 1.54) is 0 Å². The van der Waals surface area contributed by atoms with Crippen LogP contribution in [-0.4, -0.2) is 50.7 Å². The maximum absolute atomic E-state index is 11.7. The van der Waals surface area contributed by atoms with E-state index in [9.17, 15) is 4.79 Å². The molecule has 0 saturated carbocycles. The van der Waals surface area contributed by atoms with Crippen molar-refractivity contribution in [2.24, 2.45) is 0 Å². The van der Waals surface area contributed by atoms with Gasteiger partial charge in [0.1, 0.15) is 24.6 Å². The minimum atomic E-state index is -0.623. The Morgan fingerprint density at radius 2 is 1.68 bits per heavy atom. The Kier molecular flexibility index (Phi) is 7.05. The molecule has 2 aromatic rings. The zero-order valence-corrected chi connectivity index (χ0v) is 20.6. The minimum absolute atomic E-state index is 0.103. The molecular formula is C26H33BO7. The third-order valence-corrected chi connectivity index (χ3v) is 6.70. The Morgan fingerprint density at radius 3 is 2.26 bits per heavy atom. The molecule has 2 saturated heterocycles. The molecule has 182 valence electrons. The second-order valence-corrected chi connectivity index (χ2v) is 9.73. The highest BCUT2D eigenvalue weighted by Crippen LogP contribution is 2.37. The molecule has 7 nitrogen and oxygen atoms in total. The lowest BCUT2D eigenvalue weighted by molar-refractivity contribution is -0.221. The number of benzene rings is 2. The molecule has 0 N–H and O–H groups in total. The first kappa shape index (κ1) is 24.7. The van der Waals surface area contributed by atoms with Gasteiger partial charge >= 0.3 is 13.1 Å². The number of ether oxygens (including phenoxy) is 4. The van der Waals surface area contributed by atoms with E-state index in [2.05, 4.69) is 6.07 Å². The van der Waals surface area contributed by atoms with Gasteiger partial charge in [0, 0.05) is 0 Å². The summed E-state index contributed by atoms with van der Waals surface area (Å²) in [5, 5.41) is 0. The Morgan fingerprint density at radius 1 is 1.00 bits per heavy atom. The third kappa shape index (κ3) is 5.15. The van der Waals surface area contributed by atoms with Crippen LogP contribution in [-0.2, 0) is 40.5 Å². The molecule has 2 aliphatic rings. The summed E-state index contributed by atoms with van der Waals surface area (Å²) in [6, 6.07) is 15.8. The normalized spacial score (nSPS) is 20.0. The molecule has 2 aromatic carbocycles. The smallest absolute Gasteiger partial charge is 0.489 e. The quantitative estimate of drug-likeness (QED) is 0.413. The van der Waals surface area contributed by atoms with Gasteiger partial charge in [0.25, 0.3) is 0 Å². The van der Waals surface area contributed by atoms with Gasteiger partial charge < -0.3 is 28.3 Å². The Hall–Kier alpha value is -2.39. The molecule has 0 radical (unpaired) electrons. The maximum Gasteiger partial charge on any atom is 0.494 e.